The minimum atomic E-state index is 0.399. The van der Waals surface area contributed by atoms with Crippen molar-refractivity contribution in [2.45, 2.75) is 25.4 Å². The van der Waals surface area contributed by atoms with Gasteiger partial charge in [0, 0.05) is 17.8 Å². The zero-order valence-corrected chi connectivity index (χ0v) is 11.7. The summed E-state index contributed by atoms with van der Waals surface area (Å²) < 4.78 is 6.50. The van der Waals surface area contributed by atoms with Gasteiger partial charge >= 0.3 is 0 Å². The molecule has 1 saturated heterocycles. The molecule has 0 radical (unpaired) electrons. The summed E-state index contributed by atoms with van der Waals surface area (Å²) in [6.45, 7) is 2.26. The maximum Gasteiger partial charge on any atom is 0.127 e. The third-order valence-corrected chi connectivity index (χ3v) is 4.66. The van der Waals surface area contributed by atoms with Gasteiger partial charge in [0.05, 0.1) is 0 Å². The highest BCUT2D eigenvalue weighted by molar-refractivity contribution is 5.88. The molecule has 4 rings (SSSR count). The van der Waals surface area contributed by atoms with Crippen molar-refractivity contribution in [3.8, 4) is 5.75 Å². The topological polar surface area (TPSA) is 21.3 Å². The first-order valence-electron chi connectivity index (χ1n) is 7.77. The average Bonchev–Trinajstić information content (AvgIpc) is 3.19. The van der Waals surface area contributed by atoms with Crippen molar-refractivity contribution in [2.24, 2.45) is 11.8 Å². The standard InChI is InChI=1S/C18H21NO/c1-2-6-16-13(4-1)5-3-7-17(16)20-18(14-8-9-14)15-10-11-19-12-15/h1-7,14-15,18-19H,8-12H2/t15?,18-/m0/s1. The molecule has 2 fully saturated rings. The summed E-state index contributed by atoms with van der Waals surface area (Å²) in [5.74, 6) is 2.52. The highest BCUT2D eigenvalue weighted by atomic mass is 16.5. The Balaban J connectivity index is 1.64. The lowest BCUT2D eigenvalue weighted by Gasteiger charge is -2.25. The normalized spacial score (nSPS) is 23.9. The fraction of sp³-hybridized carbons (Fsp3) is 0.444. The molecule has 1 aliphatic carbocycles. The molecule has 2 aliphatic rings. The molecular formula is C18H21NO. The van der Waals surface area contributed by atoms with Crippen molar-refractivity contribution in [2.75, 3.05) is 13.1 Å². The van der Waals surface area contributed by atoms with Crippen LogP contribution < -0.4 is 10.1 Å². The highest BCUT2D eigenvalue weighted by Gasteiger charge is 2.39. The lowest BCUT2D eigenvalue weighted by molar-refractivity contribution is 0.123. The zero-order valence-electron chi connectivity index (χ0n) is 11.7. The number of nitrogens with one attached hydrogen (secondary N) is 1. The van der Waals surface area contributed by atoms with Crippen molar-refractivity contribution in [1.82, 2.24) is 5.32 Å². The molecule has 2 nitrogen and oxygen atoms in total. The van der Waals surface area contributed by atoms with Gasteiger partial charge in [-0.05, 0) is 43.2 Å². The fourth-order valence-electron chi connectivity index (χ4n) is 3.40. The van der Waals surface area contributed by atoms with Gasteiger partial charge in [-0.3, -0.25) is 0 Å². The van der Waals surface area contributed by atoms with Crippen LogP contribution in [0.5, 0.6) is 5.75 Å². The van der Waals surface area contributed by atoms with Crippen molar-refractivity contribution >= 4 is 10.8 Å². The monoisotopic (exact) mass is 267 g/mol. The summed E-state index contributed by atoms with van der Waals surface area (Å²) in [7, 11) is 0. The SMILES string of the molecule is c1ccc2c(O[C@@H](C3CC3)C3CCNC3)cccc2c1. The molecule has 20 heavy (non-hydrogen) atoms. The van der Waals surface area contributed by atoms with Crippen molar-refractivity contribution in [3.63, 3.8) is 0 Å². The van der Waals surface area contributed by atoms with Crippen LogP contribution >= 0.6 is 0 Å². The molecule has 2 aromatic carbocycles. The van der Waals surface area contributed by atoms with E-state index in [2.05, 4.69) is 47.8 Å². The number of ether oxygens (including phenoxy) is 1. The molecule has 0 amide bonds. The van der Waals surface area contributed by atoms with Crippen LogP contribution in [0.4, 0.5) is 0 Å². The van der Waals surface area contributed by atoms with Crippen LogP contribution in [0.15, 0.2) is 42.5 Å². The van der Waals surface area contributed by atoms with Crippen LogP contribution in [0, 0.1) is 11.8 Å². The van der Waals surface area contributed by atoms with E-state index in [-0.39, 0.29) is 0 Å². The van der Waals surface area contributed by atoms with E-state index < -0.39 is 0 Å². The van der Waals surface area contributed by atoms with E-state index in [1.54, 1.807) is 0 Å². The molecule has 0 spiro atoms. The molecule has 1 aliphatic heterocycles. The number of benzene rings is 2. The van der Waals surface area contributed by atoms with Crippen molar-refractivity contribution in [3.05, 3.63) is 42.5 Å². The van der Waals surface area contributed by atoms with Crippen molar-refractivity contribution in [1.29, 1.82) is 0 Å². The van der Waals surface area contributed by atoms with Gasteiger partial charge in [-0.2, -0.15) is 0 Å². The Morgan fingerprint density at radius 1 is 0.950 bits per heavy atom. The first kappa shape index (κ1) is 12.2. The van der Waals surface area contributed by atoms with E-state index in [4.69, 9.17) is 4.74 Å². The summed E-state index contributed by atoms with van der Waals surface area (Å²) in [5.41, 5.74) is 0. The van der Waals surface area contributed by atoms with E-state index >= 15 is 0 Å². The quantitative estimate of drug-likeness (QED) is 0.913. The van der Waals surface area contributed by atoms with E-state index in [0.717, 1.165) is 24.8 Å². The zero-order chi connectivity index (χ0) is 13.4. The summed E-state index contributed by atoms with van der Waals surface area (Å²) in [4.78, 5) is 0. The first-order valence-corrected chi connectivity index (χ1v) is 7.77. The van der Waals surface area contributed by atoms with Gasteiger partial charge in [0.15, 0.2) is 0 Å². The summed E-state index contributed by atoms with van der Waals surface area (Å²) in [6, 6.07) is 14.9. The smallest absolute Gasteiger partial charge is 0.127 e. The number of rotatable bonds is 4. The Morgan fingerprint density at radius 2 is 1.80 bits per heavy atom. The van der Waals surface area contributed by atoms with Crippen LogP contribution in [0.3, 0.4) is 0 Å². The van der Waals surface area contributed by atoms with Crippen LogP contribution in [-0.4, -0.2) is 19.2 Å². The minimum Gasteiger partial charge on any atom is -0.489 e. The molecule has 2 heteroatoms. The van der Waals surface area contributed by atoms with Gasteiger partial charge in [-0.25, -0.2) is 0 Å². The molecule has 104 valence electrons. The third-order valence-electron chi connectivity index (χ3n) is 4.66. The summed E-state index contributed by atoms with van der Waals surface area (Å²) in [6.07, 6.45) is 4.33. The van der Waals surface area contributed by atoms with Crippen LogP contribution in [-0.2, 0) is 0 Å². The molecule has 0 aromatic heterocycles. The minimum absolute atomic E-state index is 0.399. The molecule has 2 atom stereocenters. The predicted octanol–water partition coefficient (Wildman–Crippen LogP) is 3.61. The fourth-order valence-corrected chi connectivity index (χ4v) is 3.40. The van der Waals surface area contributed by atoms with E-state index in [1.165, 1.54) is 30.0 Å². The van der Waals surface area contributed by atoms with Gasteiger partial charge in [0.2, 0.25) is 0 Å². The maximum atomic E-state index is 6.50. The molecule has 1 unspecified atom stereocenters. The Hall–Kier alpha value is -1.54. The molecular weight excluding hydrogens is 246 g/mol. The van der Waals surface area contributed by atoms with Crippen molar-refractivity contribution < 1.29 is 4.74 Å². The van der Waals surface area contributed by atoms with E-state index in [9.17, 15) is 0 Å². The molecule has 1 heterocycles. The number of hydrogen-bond donors (Lipinski definition) is 1. The molecule has 1 saturated carbocycles. The Morgan fingerprint density at radius 3 is 2.60 bits per heavy atom. The molecule has 0 bridgehead atoms. The maximum absolute atomic E-state index is 6.50. The van der Waals surface area contributed by atoms with Gasteiger partial charge in [0.25, 0.3) is 0 Å². The lowest BCUT2D eigenvalue weighted by atomic mass is 9.97. The van der Waals surface area contributed by atoms with E-state index in [1.807, 2.05) is 0 Å². The van der Waals surface area contributed by atoms with Crippen LogP contribution in [0.1, 0.15) is 19.3 Å². The second-order valence-corrected chi connectivity index (χ2v) is 6.15. The van der Waals surface area contributed by atoms with Crippen LogP contribution in [0.2, 0.25) is 0 Å². The second kappa shape index (κ2) is 5.10. The van der Waals surface area contributed by atoms with E-state index in [0.29, 0.717) is 12.0 Å². The Bertz CT molecular complexity index is 594. The average molecular weight is 267 g/mol. The number of fused-ring (bicyclic) bond motifs is 1. The predicted molar refractivity (Wildman–Crippen MR) is 82.1 cm³/mol. The van der Waals surface area contributed by atoms with Gasteiger partial charge in [-0.1, -0.05) is 36.4 Å². The largest absolute Gasteiger partial charge is 0.489 e. The van der Waals surface area contributed by atoms with Gasteiger partial charge < -0.3 is 10.1 Å². The third kappa shape index (κ3) is 2.29. The summed E-state index contributed by atoms with van der Waals surface area (Å²) in [5, 5.41) is 5.99. The first-order chi connectivity index (χ1) is 9.92. The second-order valence-electron chi connectivity index (χ2n) is 6.15. The molecule has 1 N–H and O–H groups in total. The Labute approximate surface area is 120 Å². The van der Waals surface area contributed by atoms with Gasteiger partial charge in [0.1, 0.15) is 11.9 Å². The molecule has 2 aromatic rings. The lowest BCUT2D eigenvalue weighted by Crippen LogP contribution is -2.30. The highest BCUT2D eigenvalue weighted by Crippen LogP contribution is 2.40. The number of hydrogen-bond acceptors (Lipinski definition) is 2. The Kier molecular flexibility index (Phi) is 3.12. The van der Waals surface area contributed by atoms with Crippen LogP contribution in [0.25, 0.3) is 10.8 Å². The summed E-state index contributed by atoms with van der Waals surface area (Å²) >= 11 is 0. The van der Waals surface area contributed by atoms with Gasteiger partial charge in [-0.15, -0.1) is 0 Å².